The summed E-state index contributed by atoms with van der Waals surface area (Å²) < 4.78 is 0. The van der Waals surface area contributed by atoms with Crippen molar-refractivity contribution in [3.8, 4) is 0 Å². The Kier molecular flexibility index (Phi) is 2.25. The molecule has 2 amide bonds. The fraction of sp³-hybridized carbons (Fsp3) is 0.333. The Morgan fingerprint density at radius 1 is 1.50 bits per heavy atom. The monoisotopic (exact) mass is 210 g/mol. The number of nitrogens with two attached hydrogens (primary N) is 1. The summed E-state index contributed by atoms with van der Waals surface area (Å²) in [4.78, 5) is 22.8. The highest BCUT2D eigenvalue weighted by Gasteiger charge is 2.25. The van der Waals surface area contributed by atoms with E-state index in [9.17, 15) is 9.59 Å². The molecule has 74 valence electrons. The first-order valence-electron chi connectivity index (χ1n) is 4.36. The van der Waals surface area contributed by atoms with Gasteiger partial charge in [0.2, 0.25) is 0 Å². The van der Waals surface area contributed by atoms with Crippen molar-refractivity contribution < 1.29 is 9.59 Å². The number of thiophene rings is 1. The molecule has 0 aromatic carbocycles. The largest absolute Gasteiger partial charge is 0.365 e. The Morgan fingerprint density at radius 2 is 2.21 bits per heavy atom. The van der Waals surface area contributed by atoms with Gasteiger partial charge in [-0.1, -0.05) is 0 Å². The minimum absolute atomic E-state index is 0.192. The lowest BCUT2D eigenvalue weighted by Crippen LogP contribution is -2.27. The van der Waals surface area contributed by atoms with Gasteiger partial charge in [-0.3, -0.25) is 9.59 Å². The van der Waals surface area contributed by atoms with Crippen LogP contribution in [0.4, 0.5) is 0 Å². The average molecular weight is 210 g/mol. The molecule has 1 aromatic rings. The quantitative estimate of drug-likeness (QED) is 0.772. The molecule has 0 unspecified atom stereocenters. The fourth-order valence-electron chi connectivity index (χ4n) is 1.17. The molecule has 14 heavy (non-hydrogen) atoms. The third-order valence-electron chi connectivity index (χ3n) is 2.05. The van der Waals surface area contributed by atoms with Gasteiger partial charge in [-0.25, -0.2) is 0 Å². The molecule has 1 aliphatic rings. The van der Waals surface area contributed by atoms with E-state index in [0.29, 0.717) is 16.5 Å². The van der Waals surface area contributed by atoms with Crippen LogP contribution >= 0.6 is 11.3 Å². The molecule has 1 heterocycles. The van der Waals surface area contributed by atoms with Crippen LogP contribution in [0.15, 0.2) is 11.4 Å². The molecule has 5 heteroatoms. The van der Waals surface area contributed by atoms with Crippen molar-refractivity contribution in [1.82, 2.24) is 5.32 Å². The number of rotatable bonds is 3. The maximum atomic E-state index is 11.6. The summed E-state index contributed by atoms with van der Waals surface area (Å²) in [6.07, 6.45) is 2.06. The van der Waals surface area contributed by atoms with Crippen LogP contribution < -0.4 is 11.1 Å². The van der Waals surface area contributed by atoms with Gasteiger partial charge >= 0.3 is 0 Å². The highest BCUT2D eigenvalue weighted by Crippen LogP contribution is 2.21. The summed E-state index contributed by atoms with van der Waals surface area (Å²) in [6, 6.07) is 1.92. The van der Waals surface area contributed by atoms with Crippen molar-refractivity contribution in [2.24, 2.45) is 5.73 Å². The highest BCUT2D eigenvalue weighted by atomic mass is 32.1. The number of primary amides is 1. The third-order valence-corrected chi connectivity index (χ3v) is 2.98. The number of hydrogen-bond acceptors (Lipinski definition) is 3. The van der Waals surface area contributed by atoms with Crippen molar-refractivity contribution in [2.45, 2.75) is 18.9 Å². The van der Waals surface area contributed by atoms with Gasteiger partial charge in [0.05, 0.1) is 5.56 Å². The lowest BCUT2D eigenvalue weighted by atomic mass is 10.2. The third kappa shape index (κ3) is 1.77. The van der Waals surface area contributed by atoms with E-state index in [0.717, 1.165) is 12.8 Å². The summed E-state index contributed by atoms with van der Waals surface area (Å²) in [7, 11) is 0. The Labute approximate surface area is 85.1 Å². The summed E-state index contributed by atoms with van der Waals surface area (Å²) in [6.45, 7) is 0. The molecule has 4 nitrogen and oxygen atoms in total. The zero-order valence-electron chi connectivity index (χ0n) is 7.45. The van der Waals surface area contributed by atoms with Gasteiger partial charge in [0, 0.05) is 6.04 Å². The zero-order valence-corrected chi connectivity index (χ0v) is 8.26. The van der Waals surface area contributed by atoms with Gasteiger partial charge in [0.1, 0.15) is 4.88 Å². The van der Waals surface area contributed by atoms with Crippen molar-refractivity contribution >= 4 is 23.2 Å². The van der Waals surface area contributed by atoms with Gasteiger partial charge in [0.25, 0.3) is 11.8 Å². The predicted molar refractivity (Wildman–Crippen MR) is 53.3 cm³/mol. The van der Waals surface area contributed by atoms with Crippen LogP contribution in [0.5, 0.6) is 0 Å². The van der Waals surface area contributed by atoms with Gasteiger partial charge in [-0.2, -0.15) is 0 Å². The Balaban J connectivity index is 2.17. The minimum Gasteiger partial charge on any atom is -0.365 e. The predicted octanol–water partition coefficient (Wildman–Crippen LogP) is 0.739. The van der Waals surface area contributed by atoms with Gasteiger partial charge in [0.15, 0.2) is 0 Å². The van der Waals surface area contributed by atoms with Gasteiger partial charge in [-0.05, 0) is 24.3 Å². The first kappa shape index (κ1) is 9.21. The highest BCUT2D eigenvalue weighted by molar-refractivity contribution is 7.12. The van der Waals surface area contributed by atoms with Crippen molar-refractivity contribution in [3.63, 3.8) is 0 Å². The molecule has 0 saturated heterocycles. The second-order valence-corrected chi connectivity index (χ2v) is 4.19. The normalized spacial score (nSPS) is 15.1. The van der Waals surface area contributed by atoms with E-state index >= 15 is 0 Å². The van der Waals surface area contributed by atoms with Gasteiger partial charge < -0.3 is 11.1 Å². The molecule has 1 fully saturated rings. The number of carbonyl (C=O) groups excluding carboxylic acids is 2. The zero-order chi connectivity index (χ0) is 10.1. The van der Waals surface area contributed by atoms with Crippen molar-refractivity contribution in [2.75, 3.05) is 0 Å². The van der Waals surface area contributed by atoms with Crippen LogP contribution in [0.3, 0.4) is 0 Å². The van der Waals surface area contributed by atoms with Crippen molar-refractivity contribution in [1.29, 1.82) is 0 Å². The molecule has 2 rings (SSSR count). The summed E-state index contributed by atoms with van der Waals surface area (Å²) in [5, 5.41) is 4.51. The molecule has 1 aliphatic carbocycles. The average Bonchev–Trinajstić information content (AvgIpc) is 2.81. The van der Waals surface area contributed by atoms with E-state index in [1.807, 2.05) is 0 Å². The number of amides is 2. The molecule has 0 spiro atoms. The first-order chi connectivity index (χ1) is 6.68. The maximum Gasteiger partial charge on any atom is 0.259 e. The van der Waals surface area contributed by atoms with E-state index < -0.39 is 5.91 Å². The lowest BCUT2D eigenvalue weighted by Gasteiger charge is -2.01. The summed E-state index contributed by atoms with van der Waals surface area (Å²) in [5.74, 6) is -0.733. The molecular weight excluding hydrogens is 200 g/mol. The maximum absolute atomic E-state index is 11.6. The Morgan fingerprint density at radius 3 is 2.79 bits per heavy atom. The number of nitrogens with one attached hydrogen (secondary N) is 1. The fourth-order valence-corrected chi connectivity index (χ4v) is 1.91. The molecule has 0 bridgehead atoms. The first-order valence-corrected chi connectivity index (χ1v) is 5.24. The van der Waals surface area contributed by atoms with E-state index in [-0.39, 0.29) is 5.91 Å². The van der Waals surface area contributed by atoms with Crippen LogP contribution in [0.1, 0.15) is 32.9 Å². The van der Waals surface area contributed by atoms with E-state index in [2.05, 4.69) is 5.32 Å². The molecular formula is C9H10N2O2S. The van der Waals surface area contributed by atoms with Crippen LogP contribution in [0.2, 0.25) is 0 Å². The lowest BCUT2D eigenvalue weighted by molar-refractivity contribution is 0.0936. The second kappa shape index (κ2) is 3.42. The van der Waals surface area contributed by atoms with E-state index in [4.69, 9.17) is 5.73 Å². The molecule has 3 N–H and O–H groups in total. The number of hydrogen-bond donors (Lipinski definition) is 2. The molecule has 1 saturated carbocycles. The summed E-state index contributed by atoms with van der Waals surface area (Å²) >= 11 is 1.20. The molecule has 0 atom stereocenters. The topological polar surface area (TPSA) is 72.2 Å². The van der Waals surface area contributed by atoms with E-state index in [1.54, 1.807) is 11.4 Å². The van der Waals surface area contributed by atoms with Gasteiger partial charge in [-0.15, -0.1) is 11.3 Å². The van der Waals surface area contributed by atoms with E-state index in [1.165, 1.54) is 11.3 Å². The smallest absolute Gasteiger partial charge is 0.259 e. The Bertz CT molecular complexity index is 382. The van der Waals surface area contributed by atoms with Crippen LogP contribution in [0, 0.1) is 0 Å². The summed E-state index contributed by atoms with van der Waals surface area (Å²) in [5.41, 5.74) is 5.53. The second-order valence-electron chi connectivity index (χ2n) is 3.28. The van der Waals surface area contributed by atoms with Crippen molar-refractivity contribution in [3.05, 3.63) is 21.9 Å². The van der Waals surface area contributed by atoms with Crippen LogP contribution in [0.25, 0.3) is 0 Å². The molecule has 0 radical (unpaired) electrons. The van der Waals surface area contributed by atoms with Crippen LogP contribution in [-0.4, -0.2) is 17.9 Å². The number of carbonyl (C=O) groups is 2. The standard InChI is InChI=1S/C9H10N2O2S/c10-8(12)7-6(3-4-14-7)9(13)11-5-1-2-5/h3-5H,1-2H2,(H2,10,12)(H,11,13). The van der Waals surface area contributed by atoms with Crippen LogP contribution in [-0.2, 0) is 0 Å². The molecule has 0 aliphatic heterocycles. The Hall–Kier alpha value is -1.36. The molecule has 1 aromatic heterocycles. The minimum atomic E-state index is -0.541. The SMILES string of the molecule is NC(=O)c1sccc1C(=O)NC1CC1.